The number of halogens is 1. The zero-order valence-electron chi connectivity index (χ0n) is 8.79. The lowest BCUT2D eigenvalue weighted by Crippen LogP contribution is -2.33. The number of ether oxygens (including phenoxy) is 1. The van der Waals surface area contributed by atoms with Gasteiger partial charge in [-0.05, 0) is 24.6 Å². The van der Waals surface area contributed by atoms with Crippen molar-refractivity contribution >= 4 is 17.5 Å². The fourth-order valence-corrected chi connectivity index (χ4v) is 1.30. The van der Waals surface area contributed by atoms with Gasteiger partial charge in [0.15, 0.2) is 0 Å². The fourth-order valence-electron chi connectivity index (χ4n) is 1.09. The molecule has 1 rings (SSSR count). The van der Waals surface area contributed by atoms with E-state index in [0.717, 1.165) is 5.56 Å². The topological polar surface area (TPSA) is 38.3 Å². The summed E-state index contributed by atoms with van der Waals surface area (Å²) < 4.78 is 4.89. The van der Waals surface area contributed by atoms with Crippen LogP contribution in [0.5, 0.6) is 0 Å². The first kappa shape index (κ1) is 12.0. The summed E-state index contributed by atoms with van der Waals surface area (Å²) in [4.78, 5) is 11.4. The van der Waals surface area contributed by atoms with Gasteiger partial charge in [-0.3, -0.25) is 4.79 Å². The zero-order valence-corrected chi connectivity index (χ0v) is 9.54. The van der Waals surface area contributed by atoms with Crippen molar-refractivity contribution in [1.29, 1.82) is 0 Å². The number of hydrogen-bond donors (Lipinski definition) is 1. The minimum Gasteiger partial charge on any atom is -0.372 e. The van der Waals surface area contributed by atoms with Crippen LogP contribution in [0.1, 0.15) is 12.5 Å². The SMILES string of the molecule is COC(C)C(=O)NCc1cccc(Cl)c1. The molecule has 15 heavy (non-hydrogen) atoms. The summed E-state index contributed by atoms with van der Waals surface area (Å²) in [6, 6.07) is 7.37. The Hall–Kier alpha value is -1.06. The van der Waals surface area contributed by atoms with Gasteiger partial charge in [0.05, 0.1) is 0 Å². The molecule has 0 aliphatic rings. The third-order valence-corrected chi connectivity index (χ3v) is 2.31. The van der Waals surface area contributed by atoms with Gasteiger partial charge < -0.3 is 10.1 Å². The predicted octanol–water partition coefficient (Wildman–Crippen LogP) is 1.99. The van der Waals surface area contributed by atoms with Crippen LogP contribution in [0.3, 0.4) is 0 Å². The quantitative estimate of drug-likeness (QED) is 0.855. The van der Waals surface area contributed by atoms with Crippen molar-refractivity contribution in [2.24, 2.45) is 0 Å². The molecule has 1 amide bonds. The van der Waals surface area contributed by atoms with Crippen LogP contribution in [0.15, 0.2) is 24.3 Å². The molecule has 0 aromatic heterocycles. The van der Waals surface area contributed by atoms with Crippen molar-refractivity contribution < 1.29 is 9.53 Å². The summed E-state index contributed by atoms with van der Waals surface area (Å²) in [5, 5.41) is 3.42. The second-order valence-corrected chi connectivity index (χ2v) is 3.66. The van der Waals surface area contributed by atoms with E-state index in [4.69, 9.17) is 16.3 Å². The molecule has 0 aliphatic heterocycles. The zero-order chi connectivity index (χ0) is 11.3. The smallest absolute Gasteiger partial charge is 0.249 e. The third-order valence-electron chi connectivity index (χ3n) is 2.08. The van der Waals surface area contributed by atoms with E-state index in [9.17, 15) is 4.79 Å². The Morgan fingerprint density at radius 3 is 2.93 bits per heavy atom. The fraction of sp³-hybridized carbons (Fsp3) is 0.364. The Morgan fingerprint density at radius 1 is 1.60 bits per heavy atom. The van der Waals surface area contributed by atoms with Crippen LogP contribution in [0.25, 0.3) is 0 Å². The van der Waals surface area contributed by atoms with Crippen LogP contribution < -0.4 is 5.32 Å². The monoisotopic (exact) mass is 227 g/mol. The van der Waals surface area contributed by atoms with Gasteiger partial charge in [0.25, 0.3) is 0 Å². The van der Waals surface area contributed by atoms with E-state index in [-0.39, 0.29) is 5.91 Å². The molecule has 1 aromatic rings. The number of benzene rings is 1. The van der Waals surface area contributed by atoms with Crippen LogP contribution in [0, 0.1) is 0 Å². The average molecular weight is 228 g/mol. The van der Waals surface area contributed by atoms with Gasteiger partial charge in [0, 0.05) is 18.7 Å². The van der Waals surface area contributed by atoms with Gasteiger partial charge in [0.1, 0.15) is 6.10 Å². The van der Waals surface area contributed by atoms with Crippen molar-refractivity contribution in [3.63, 3.8) is 0 Å². The van der Waals surface area contributed by atoms with E-state index in [1.807, 2.05) is 18.2 Å². The highest BCUT2D eigenvalue weighted by Gasteiger charge is 2.10. The molecule has 0 heterocycles. The summed E-state index contributed by atoms with van der Waals surface area (Å²) in [5.74, 6) is -0.127. The lowest BCUT2D eigenvalue weighted by atomic mass is 10.2. The highest BCUT2D eigenvalue weighted by molar-refractivity contribution is 6.30. The highest BCUT2D eigenvalue weighted by Crippen LogP contribution is 2.10. The molecule has 0 saturated heterocycles. The van der Waals surface area contributed by atoms with Gasteiger partial charge in [-0.15, -0.1) is 0 Å². The minimum absolute atomic E-state index is 0.127. The number of nitrogens with one attached hydrogen (secondary N) is 1. The van der Waals surface area contributed by atoms with Crippen LogP contribution in [0.2, 0.25) is 5.02 Å². The Morgan fingerprint density at radius 2 is 2.33 bits per heavy atom. The molecule has 1 aromatic carbocycles. The molecule has 0 spiro atoms. The number of amides is 1. The van der Waals surface area contributed by atoms with E-state index >= 15 is 0 Å². The normalized spacial score (nSPS) is 12.2. The van der Waals surface area contributed by atoms with Crippen molar-refractivity contribution in [2.45, 2.75) is 19.6 Å². The van der Waals surface area contributed by atoms with Gasteiger partial charge >= 0.3 is 0 Å². The molecule has 1 N–H and O–H groups in total. The molecule has 1 atom stereocenters. The average Bonchev–Trinajstić information content (AvgIpc) is 2.25. The number of carbonyl (C=O) groups is 1. The number of methoxy groups -OCH3 is 1. The number of hydrogen-bond acceptors (Lipinski definition) is 2. The maximum atomic E-state index is 11.4. The van der Waals surface area contributed by atoms with E-state index in [1.165, 1.54) is 7.11 Å². The first-order chi connectivity index (χ1) is 7.13. The van der Waals surface area contributed by atoms with Gasteiger partial charge in [-0.2, -0.15) is 0 Å². The van der Waals surface area contributed by atoms with E-state index < -0.39 is 6.10 Å². The van der Waals surface area contributed by atoms with Gasteiger partial charge in [-0.1, -0.05) is 23.7 Å². The van der Waals surface area contributed by atoms with Crippen molar-refractivity contribution in [1.82, 2.24) is 5.32 Å². The third kappa shape index (κ3) is 3.90. The molecule has 4 heteroatoms. The predicted molar refractivity (Wildman–Crippen MR) is 59.8 cm³/mol. The molecule has 0 fully saturated rings. The summed E-state index contributed by atoms with van der Waals surface area (Å²) in [6.07, 6.45) is -0.427. The minimum atomic E-state index is -0.427. The lowest BCUT2D eigenvalue weighted by molar-refractivity contribution is -0.130. The van der Waals surface area contributed by atoms with Crippen molar-refractivity contribution in [3.8, 4) is 0 Å². The molecule has 82 valence electrons. The Bertz CT molecular complexity index is 341. The molecule has 0 bridgehead atoms. The Labute approximate surface area is 94.4 Å². The molecule has 1 unspecified atom stereocenters. The number of rotatable bonds is 4. The Kier molecular flexibility index (Phi) is 4.59. The van der Waals surface area contributed by atoms with Crippen LogP contribution >= 0.6 is 11.6 Å². The summed E-state index contributed by atoms with van der Waals surface area (Å²) in [7, 11) is 1.50. The maximum Gasteiger partial charge on any atom is 0.249 e. The first-order valence-corrected chi connectivity index (χ1v) is 5.06. The van der Waals surface area contributed by atoms with E-state index in [0.29, 0.717) is 11.6 Å². The molecule has 0 aliphatic carbocycles. The second-order valence-electron chi connectivity index (χ2n) is 3.23. The molecular weight excluding hydrogens is 214 g/mol. The molecular formula is C11H14ClNO2. The largest absolute Gasteiger partial charge is 0.372 e. The summed E-state index contributed by atoms with van der Waals surface area (Å²) >= 11 is 5.81. The lowest BCUT2D eigenvalue weighted by Gasteiger charge is -2.10. The van der Waals surface area contributed by atoms with Crippen LogP contribution in [-0.4, -0.2) is 19.1 Å². The highest BCUT2D eigenvalue weighted by atomic mass is 35.5. The first-order valence-electron chi connectivity index (χ1n) is 4.68. The molecule has 0 saturated carbocycles. The van der Waals surface area contributed by atoms with Gasteiger partial charge in [-0.25, -0.2) is 0 Å². The molecule has 0 radical (unpaired) electrons. The van der Waals surface area contributed by atoms with E-state index in [2.05, 4.69) is 5.32 Å². The summed E-state index contributed by atoms with van der Waals surface area (Å²) in [6.45, 7) is 2.17. The van der Waals surface area contributed by atoms with Crippen molar-refractivity contribution in [3.05, 3.63) is 34.9 Å². The van der Waals surface area contributed by atoms with Crippen LogP contribution in [0.4, 0.5) is 0 Å². The summed E-state index contributed by atoms with van der Waals surface area (Å²) in [5.41, 5.74) is 0.971. The van der Waals surface area contributed by atoms with Crippen LogP contribution in [-0.2, 0) is 16.1 Å². The maximum absolute atomic E-state index is 11.4. The number of carbonyl (C=O) groups excluding carboxylic acids is 1. The molecule has 3 nitrogen and oxygen atoms in total. The van der Waals surface area contributed by atoms with E-state index in [1.54, 1.807) is 13.0 Å². The Balaban J connectivity index is 2.47. The second kappa shape index (κ2) is 5.73. The van der Waals surface area contributed by atoms with Crippen molar-refractivity contribution in [2.75, 3.05) is 7.11 Å². The van der Waals surface area contributed by atoms with Gasteiger partial charge in [0.2, 0.25) is 5.91 Å². The standard InChI is InChI=1S/C11H14ClNO2/c1-8(15-2)11(14)13-7-9-4-3-5-10(12)6-9/h3-6,8H,7H2,1-2H3,(H,13,14).